The Morgan fingerprint density at radius 3 is 2.68 bits per heavy atom. The van der Waals surface area contributed by atoms with Gasteiger partial charge >= 0.3 is 0 Å². The van der Waals surface area contributed by atoms with Gasteiger partial charge in [0.2, 0.25) is 0 Å². The van der Waals surface area contributed by atoms with E-state index < -0.39 is 0 Å². The van der Waals surface area contributed by atoms with Gasteiger partial charge in [-0.2, -0.15) is 0 Å². The fourth-order valence-electron chi connectivity index (χ4n) is 2.82. The molecule has 1 aromatic carbocycles. The van der Waals surface area contributed by atoms with E-state index in [9.17, 15) is 4.39 Å². The van der Waals surface area contributed by atoms with Gasteiger partial charge in [0.25, 0.3) is 11.1 Å². The fraction of sp³-hybridized carbons (Fsp3) is 0.0526. The quantitative estimate of drug-likeness (QED) is 0.357. The Morgan fingerprint density at radius 1 is 1.04 bits per heavy atom. The largest absolute Gasteiger partial charge is 0.469 e. The molecule has 9 heteroatoms. The molecule has 28 heavy (non-hydrogen) atoms. The van der Waals surface area contributed by atoms with Crippen molar-refractivity contribution in [3.8, 4) is 22.6 Å². The molecule has 0 unspecified atom stereocenters. The number of halogens is 1. The van der Waals surface area contributed by atoms with E-state index >= 15 is 0 Å². The average Bonchev–Trinajstić information content (AvgIpc) is 3.42. The van der Waals surface area contributed by atoms with E-state index in [1.165, 1.54) is 41.6 Å². The van der Waals surface area contributed by atoms with Crippen LogP contribution < -0.4 is 0 Å². The lowest BCUT2D eigenvalue weighted by Gasteiger charge is -2.03. The Hall–Kier alpha value is -3.04. The highest BCUT2D eigenvalue weighted by atomic mass is 32.2. The summed E-state index contributed by atoms with van der Waals surface area (Å²) in [6, 6.07) is 8.14. The SMILES string of the molecule is Cc1occc1-c1nnc(Sc2ncnc3scc(-c4ccc(F)cc4)c23)o1. The standard InChI is InChI=1S/C19H11FN4O2S2/c1-10-13(6-7-25-10)16-23-24-19(26-16)28-18-15-14(8-27-17(15)21-9-22-18)11-2-4-12(20)5-3-11/h2-9H,1H3. The van der Waals surface area contributed by atoms with Crippen LogP contribution in [0.5, 0.6) is 0 Å². The minimum absolute atomic E-state index is 0.276. The van der Waals surface area contributed by atoms with E-state index in [-0.39, 0.29) is 5.82 Å². The summed E-state index contributed by atoms with van der Waals surface area (Å²) in [7, 11) is 0. The third-order valence-electron chi connectivity index (χ3n) is 4.17. The maximum atomic E-state index is 13.3. The van der Waals surface area contributed by atoms with Crippen LogP contribution >= 0.6 is 23.1 Å². The van der Waals surface area contributed by atoms with Crippen LogP contribution in [0.3, 0.4) is 0 Å². The predicted molar refractivity (Wildman–Crippen MR) is 104 cm³/mol. The molecule has 0 aliphatic carbocycles. The van der Waals surface area contributed by atoms with Gasteiger partial charge in [0.1, 0.15) is 27.8 Å². The predicted octanol–water partition coefficient (Wildman–Crippen LogP) is 5.60. The molecule has 0 spiro atoms. The number of nitrogens with zero attached hydrogens (tertiary/aromatic N) is 4. The van der Waals surface area contributed by atoms with Gasteiger partial charge in [-0.25, -0.2) is 14.4 Å². The number of aryl methyl sites for hydroxylation is 1. The average molecular weight is 410 g/mol. The van der Waals surface area contributed by atoms with Crippen molar-refractivity contribution in [1.29, 1.82) is 0 Å². The molecule has 0 N–H and O–H groups in total. The molecule has 0 radical (unpaired) electrons. The summed E-state index contributed by atoms with van der Waals surface area (Å²) < 4.78 is 24.4. The molecule has 0 atom stereocenters. The van der Waals surface area contributed by atoms with Crippen LogP contribution in [0.1, 0.15) is 5.76 Å². The summed E-state index contributed by atoms with van der Waals surface area (Å²) in [5.41, 5.74) is 2.59. The Labute approximate surface area is 166 Å². The molecule has 0 fully saturated rings. The van der Waals surface area contributed by atoms with E-state index in [2.05, 4.69) is 20.2 Å². The van der Waals surface area contributed by atoms with Crippen molar-refractivity contribution >= 4 is 33.3 Å². The van der Waals surface area contributed by atoms with Crippen LogP contribution in [0.2, 0.25) is 0 Å². The number of rotatable bonds is 4. The van der Waals surface area contributed by atoms with Gasteiger partial charge in [0.15, 0.2) is 0 Å². The molecular formula is C19H11FN4O2S2. The summed E-state index contributed by atoms with van der Waals surface area (Å²) >= 11 is 2.77. The van der Waals surface area contributed by atoms with Gasteiger partial charge in [0, 0.05) is 10.9 Å². The van der Waals surface area contributed by atoms with Gasteiger partial charge < -0.3 is 8.83 Å². The van der Waals surface area contributed by atoms with Gasteiger partial charge in [-0.1, -0.05) is 12.1 Å². The first kappa shape index (κ1) is 17.1. The highest BCUT2D eigenvalue weighted by Crippen LogP contribution is 2.40. The molecule has 5 rings (SSSR count). The second-order valence-corrected chi connectivity index (χ2v) is 7.68. The zero-order valence-corrected chi connectivity index (χ0v) is 16.1. The Balaban J connectivity index is 1.55. The minimum Gasteiger partial charge on any atom is -0.469 e. The van der Waals surface area contributed by atoms with Crippen LogP contribution in [-0.4, -0.2) is 20.2 Å². The summed E-state index contributed by atoms with van der Waals surface area (Å²) in [6.45, 7) is 1.83. The molecule has 0 aliphatic rings. The van der Waals surface area contributed by atoms with Gasteiger partial charge in [-0.3, -0.25) is 0 Å². The Bertz CT molecular complexity index is 1280. The Morgan fingerprint density at radius 2 is 1.89 bits per heavy atom. The molecule has 0 aliphatic heterocycles. The van der Waals surface area contributed by atoms with E-state index in [1.807, 2.05) is 12.3 Å². The second-order valence-electron chi connectivity index (χ2n) is 5.88. The summed E-state index contributed by atoms with van der Waals surface area (Å²) in [5, 5.41) is 12.1. The highest BCUT2D eigenvalue weighted by molar-refractivity contribution is 7.99. The normalized spacial score (nSPS) is 11.4. The number of thiophene rings is 1. The van der Waals surface area contributed by atoms with E-state index in [0.29, 0.717) is 21.9 Å². The van der Waals surface area contributed by atoms with Crippen molar-refractivity contribution in [1.82, 2.24) is 20.2 Å². The zero-order chi connectivity index (χ0) is 19.1. The smallest absolute Gasteiger partial charge is 0.283 e. The van der Waals surface area contributed by atoms with E-state index in [4.69, 9.17) is 8.83 Å². The first-order chi connectivity index (χ1) is 13.7. The lowest BCUT2D eigenvalue weighted by atomic mass is 10.1. The van der Waals surface area contributed by atoms with Gasteiger partial charge in [-0.15, -0.1) is 21.5 Å². The fourth-order valence-corrected chi connectivity index (χ4v) is 4.57. The molecule has 138 valence electrons. The third-order valence-corrected chi connectivity index (χ3v) is 5.90. The maximum Gasteiger partial charge on any atom is 0.283 e. The van der Waals surface area contributed by atoms with Crippen molar-refractivity contribution in [2.24, 2.45) is 0 Å². The third kappa shape index (κ3) is 2.98. The van der Waals surface area contributed by atoms with Crippen LogP contribution in [0, 0.1) is 12.7 Å². The summed E-state index contributed by atoms with van der Waals surface area (Å²) in [6.07, 6.45) is 3.09. The first-order valence-electron chi connectivity index (χ1n) is 8.23. The van der Waals surface area contributed by atoms with Crippen LogP contribution in [-0.2, 0) is 0 Å². The molecule has 0 saturated carbocycles. The number of hydrogen-bond acceptors (Lipinski definition) is 8. The summed E-state index contributed by atoms with van der Waals surface area (Å²) in [4.78, 5) is 9.59. The second kappa shape index (κ2) is 6.84. The zero-order valence-electron chi connectivity index (χ0n) is 14.4. The van der Waals surface area contributed by atoms with Crippen molar-refractivity contribution in [3.05, 3.63) is 59.9 Å². The number of benzene rings is 1. The lowest BCUT2D eigenvalue weighted by molar-refractivity contribution is 0.463. The molecule has 0 saturated heterocycles. The summed E-state index contributed by atoms with van der Waals surface area (Å²) in [5.74, 6) is 0.825. The maximum absolute atomic E-state index is 13.3. The van der Waals surface area contributed by atoms with Crippen LogP contribution in [0.15, 0.2) is 67.4 Å². The number of hydrogen-bond donors (Lipinski definition) is 0. The van der Waals surface area contributed by atoms with Crippen molar-refractivity contribution in [2.75, 3.05) is 0 Å². The van der Waals surface area contributed by atoms with Gasteiger partial charge in [-0.05, 0) is 42.4 Å². The van der Waals surface area contributed by atoms with Gasteiger partial charge in [0.05, 0.1) is 17.2 Å². The van der Waals surface area contributed by atoms with Crippen LogP contribution in [0.4, 0.5) is 4.39 Å². The molecule has 4 heterocycles. The first-order valence-corrected chi connectivity index (χ1v) is 9.92. The number of furan rings is 1. The molecule has 0 amide bonds. The van der Waals surface area contributed by atoms with Crippen molar-refractivity contribution in [3.63, 3.8) is 0 Å². The lowest BCUT2D eigenvalue weighted by Crippen LogP contribution is -1.86. The molecule has 5 aromatic rings. The Kier molecular flexibility index (Phi) is 4.18. The highest BCUT2D eigenvalue weighted by Gasteiger charge is 2.18. The van der Waals surface area contributed by atoms with E-state index in [0.717, 1.165) is 26.9 Å². The van der Waals surface area contributed by atoms with Crippen LogP contribution in [0.25, 0.3) is 32.8 Å². The molecular weight excluding hydrogens is 399 g/mol. The van der Waals surface area contributed by atoms with Crippen molar-refractivity contribution < 1.29 is 13.2 Å². The number of aromatic nitrogens is 4. The molecule has 6 nitrogen and oxygen atoms in total. The minimum atomic E-state index is -0.276. The van der Waals surface area contributed by atoms with Crippen molar-refractivity contribution in [2.45, 2.75) is 17.2 Å². The topological polar surface area (TPSA) is 77.8 Å². The van der Waals surface area contributed by atoms with E-state index in [1.54, 1.807) is 24.5 Å². The monoisotopic (exact) mass is 410 g/mol. The molecule has 4 aromatic heterocycles. The molecule has 0 bridgehead atoms. The number of fused-ring (bicyclic) bond motifs is 1.